The lowest BCUT2D eigenvalue weighted by atomic mass is 10.2. The molecule has 0 aliphatic carbocycles. The first-order valence-corrected chi connectivity index (χ1v) is 6.86. The minimum atomic E-state index is -0.163. The van der Waals surface area contributed by atoms with Gasteiger partial charge in [-0.3, -0.25) is 4.79 Å². The van der Waals surface area contributed by atoms with Crippen molar-refractivity contribution in [2.45, 2.75) is 0 Å². The van der Waals surface area contributed by atoms with Gasteiger partial charge in [-0.05, 0) is 55.6 Å². The highest BCUT2D eigenvalue weighted by atomic mass is 79.9. The van der Waals surface area contributed by atoms with Crippen LogP contribution in [0.25, 0.3) is 6.08 Å². The second-order valence-corrected chi connectivity index (χ2v) is 5.14. The third-order valence-corrected chi connectivity index (χ3v) is 3.27. The van der Waals surface area contributed by atoms with Gasteiger partial charge in [0.2, 0.25) is 5.91 Å². The number of hydrogen-bond donors (Lipinski definition) is 2. The van der Waals surface area contributed by atoms with E-state index < -0.39 is 0 Å². The fourth-order valence-corrected chi connectivity index (χ4v) is 2.84. The molecule has 0 aliphatic rings. The number of rotatable bonds is 5. The second-order valence-electron chi connectivity index (χ2n) is 3.43. The molecule has 1 amide bonds. The monoisotopic (exact) mass is 376 g/mol. The summed E-state index contributed by atoms with van der Waals surface area (Å²) < 4.78 is 6.84. The molecule has 6 heteroatoms. The molecule has 3 N–H and O–H groups in total. The highest BCUT2D eigenvalue weighted by molar-refractivity contribution is 9.11. The average Bonchev–Trinajstić information content (AvgIpc) is 2.33. The van der Waals surface area contributed by atoms with Crippen molar-refractivity contribution in [3.63, 3.8) is 0 Å². The fraction of sp³-hybridized carbons (Fsp3) is 0.250. The Labute approximate surface area is 123 Å². The molecule has 0 bridgehead atoms. The zero-order chi connectivity index (χ0) is 13.5. The van der Waals surface area contributed by atoms with E-state index >= 15 is 0 Å². The molecule has 1 rings (SSSR count). The Hall–Kier alpha value is -0.850. The minimum Gasteiger partial charge on any atom is -0.494 e. The molecule has 0 atom stereocenters. The van der Waals surface area contributed by atoms with E-state index in [1.165, 1.54) is 6.08 Å². The van der Waals surface area contributed by atoms with Gasteiger partial charge >= 0.3 is 0 Å². The Bertz CT molecular complexity index is 438. The third kappa shape index (κ3) is 4.44. The van der Waals surface area contributed by atoms with Gasteiger partial charge in [-0.1, -0.05) is 0 Å². The van der Waals surface area contributed by atoms with Gasteiger partial charge < -0.3 is 15.8 Å². The Balaban J connectivity index is 2.79. The Morgan fingerprint density at radius 3 is 2.56 bits per heavy atom. The summed E-state index contributed by atoms with van der Waals surface area (Å²) in [5.74, 6) is 0.559. The molecule has 0 unspecified atom stereocenters. The largest absolute Gasteiger partial charge is 0.494 e. The van der Waals surface area contributed by atoms with Gasteiger partial charge in [0.05, 0.1) is 16.1 Å². The molecule has 1 aromatic rings. The molecule has 4 nitrogen and oxygen atoms in total. The van der Waals surface area contributed by atoms with E-state index in [9.17, 15) is 4.79 Å². The molecule has 0 spiro atoms. The Kier molecular flexibility index (Phi) is 6.38. The number of hydrogen-bond acceptors (Lipinski definition) is 3. The molecular formula is C12H14Br2N2O2. The van der Waals surface area contributed by atoms with Gasteiger partial charge in [0.1, 0.15) is 5.75 Å². The molecule has 0 saturated carbocycles. The van der Waals surface area contributed by atoms with Crippen molar-refractivity contribution >= 4 is 43.8 Å². The molecule has 18 heavy (non-hydrogen) atoms. The third-order valence-electron chi connectivity index (χ3n) is 2.10. The Morgan fingerprint density at radius 1 is 1.44 bits per heavy atom. The predicted octanol–water partition coefficient (Wildman–Crippen LogP) is 2.31. The van der Waals surface area contributed by atoms with Crippen LogP contribution in [0.5, 0.6) is 5.75 Å². The van der Waals surface area contributed by atoms with Crippen LogP contribution < -0.4 is 15.8 Å². The number of amides is 1. The van der Waals surface area contributed by atoms with E-state index in [2.05, 4.69) is 37.2 Å². The van der Waals surface area contributed by atoms with E-state index in [-0.39, 0.29) is 5.91 Å². The lowest BCUT2D eigenvalue weighted by Gasteiger charge is -2.07. The van der Waals surface area contributed by atoms with Crippen LogP contribution in [-0.2, 0) is 4.79 Å². The number of benzene rings is 1. The summed E-state index contributed by atoms with van der Waals surface area (Å²) in [4.78, 5) is 11.4. The van der Waals surface area contributed by atoms with Gasteiger partial charge in [-0.25, -0.2) is 0 Å². The van der Waals surface area contributed by atoms with Gasteiger partial charge in [-0.2, -0.15) is 0 Å². The van der Waals surface area contributed by atoms with Crippen molar-refractivity contribution in [1.82, 2.24) is 5.32 Å². The van der Waals surface area contributed by atoms with Crippen LogP contribution in [0.2, 0.25) is 0 Å². The van der Waals surface area contributed by atoms with E-state index in [0.29, 0.717) is 13.1 Å². The van der Waals surface area contributed by atoms with E-state index in [1.54, 1.807) is 13.2 Å². The molecule has 0 saturated heterocycles. The van der Waals surface area contributed by atoms with Gasteiger partial charge in [-0.15, -0.1) is 0 Å². The van der Waals surface area contributed by atoms with Crippen molar-refractivity contribution in [2.24, 2.45) is 5.73 Å². The lowest BCUT2D eigenvalue weighted by Crippen LogP contribution is -2.27. The maximum atomic E-state index is 11.4. The number of carbonyl (C=O) groups is 1. The zero-order valence-electron chi connectivity index (χ0n) is 9.87. The van der Waals surface area contributed by atoms with Crippen molar-refractivity contribution < 1.29 is 9.53 Å². The molecular weight excluding hydrogens is 364 g/mol. The van der Waals surface area contributed by atoms with Crippen molar-refractivity contribution in [2.75, 3.05) is 20.2 Å². The van der Waals surface area contributed by atoms with Crippen molar-refractivity contribution in [3.8, 4) is 5.75 Å². The highest BCUT2D eigenvalue weighted by Crippen LogP contribution is 2.34. The summed E-state index contributed by atoms with van der Waals surface area (Å²) in [6.07, 6.45) is 3.19. The van der Waals surface area contributed by atoms with Crippen LogP contribution >= 0.6 is 31.9 Å². The Morgan fingerprint density at radius 2 is 2.06 bits per heavy atom. The smallest absolute Gasteiger partial charge is 0.244 e. The second kappa shape index (κ2) is 7.56. The van der Waals surface area contributed by atoms with Crippen LogP contribution in [0, 0.1) is 0 Å². The average molecular weight is 378 g/mol. The summed E-state index contributed by atoms with van der Waals surface area (Å²) >= 11 is 6.80. The number of methoxy groups -OCH3 is 1. The minimum absolute atomic E-state index is 0.163. The van der Waals surface area contributed by atoms with Gasteiger partial charge in [0.15, 0.2) is 0 Å². The number of halogens is 2. The number of nitrogens with two attached hydrogens (primary N) is 1. The standard InChI is InChI=1S/C12H14Br2N2O2/c1-18-12-9(13)6-8(7-10(12)14)2-3-11(17)16-5-4-15/h2-3,6-7H,4-5,15H2,1H3,(H,16,17)/b3-2+. The van der Waals surface area contributed by atoms with Crippen LogP contribution in [0.4, 0.5) is 0 Å². The van der Waals surface area contributed by atoms with Crippen LogP contribution in [0.3, 0.4) is 0 Å². The number of carbonyl (C=O) groups excluding carboxylic acids is 1. The quantitative estimate of drug-likeness (QED) is 0.774. The van der Waals surface area contributed by atoms with Gasteiger partial charge in [0, 0.05) is 19.2 Å². The molecule has 0 radical (unpaired) electrons. The molecule has 0 aliphatic heterocycles. The zero-order valence-corrected chi connectivity index (χ0v) is 13.0. The number of nitrogens with one attached hydrogen (secondary N) is 1. The first-order valence-electron chi connectivity index (χ1n) is 5.27. The lowest BCUT2D eigenvalue weighted by molar-refractivity contribution is -0.116. The predicted molar refractivity (Wildman–Crippen MR) is 79.5 cm³/mol. The van der Waals surface area contributed by atoms with Crippen LogP contribution in [0.1, 0.15) is 5.56 Å². The first kappa shape index (κ1) is 15.2. The number of ether oxygens (including phenoxy) is 1. The summed E-state index contributed by atoms with van der Waals surface area (Å²) in [6, 6.07) is 3.74. The molecule has 1 aromatic carbocycles. The summed E-state index contributed by atoms with van der Waals surface area (Å²) in [5.41, 5.74) is 6.18. The van der Waals surface area contributed by atoms with Crippen LogP contribution in [0.15, 0.2) is 27.2 Å². The molecule has 0 fully saturated rings. The first-order chi connectivity index (χ1) is 8.58. The summed E-state index contributed by atoms with van der Waals surface area (Å²) in [7, 11) is 1.60. The molecule has 98 valence electrons. The van der Waals surface area contributed by atoms with Crippen LogP contribution in [-0.4, -0.2) is 26.1 Å². The topological polar surface area (TPSA) is 64.3 Å². The van der Waals surface area contributed by atoms with E-state index in [1.807, 2.05) is 12.1 Å². The molecule has 0 heterocycles. The fourth-order valence-electron chi connectivity index (χ4n) is 1.30. The van der Waals surface area contributed by atoms with Crippen molar-refractivity contribution in [1.29, 1.82) is 0 Å². The maximum absolute atomic E-state index is 11.4. The molecule has 0 aromatic heterocycles. The van der Waals surface area contributed by atoms with E-state index in [4.69, 9.17) is 10.5 Å². The highest BCUT2D eigenvalue weighted by Gasteiger charge is 2.06. The summed E-state index contributed by atoms with van der Waals surface area (Å²) in [5, 5.41) is 2.66. The SMILES string of the molecule is COc1c(Br)cc(/C=C/C(=O)NCCN)cc1Br. The maximum Gasteiger partial charge on any atom is 0.244 e. The van der Waals surface area contributed by atoms with Crippen molar-refractivity contribution in [3.05, 3.63) is 32.7 Å². The van der Waals surface area contributed by atoms with E-state index in [0.717, 1.165) is 20.3 Å². The van der Waals surface area contributed by atoms with Gasteiger partial charge in [0.25, 0.3) is 0 Å². The normalized spacial score (nSPS) is 10.7. The summed E-state index contributed by atoms with van der Waals surface area (Å²) in [6.45, 7) is 0.901.